The van der Waals surface area contributed by atoms with Gasteiger partial charge in [-0.15, -0.1) is 11.6 Å². The van der Waals surface area contributed by atoms with Crippen LogP contribution in [0.2, 0.25) is 0 Å². The van der Waals surface area contributed by atoms with Gasteiger partial charge in [0.25, 0.3) is 0 Å². The maximum Gasteiger partial charge on any atom is 0.183 e. The van der Waals surface area contributed by atoms with E-state index in [1.165, 1.54) is 0 Å². The highest BCUT2D eigenvalue weighted by Crippen LogP contribution is 2.22. The van der Waals surface area contributed by atoms with Gasteiger partial charge in [-0.1, -0.05) is 0 Å². The van der Waals surface area contributed by atoms with Gasteiger partial charge in [0.2, 0.25) is 0 Å². The van der Waals surface area contributed by atoms with Gasteiger partial charge in [-0.25, -0.2) is 4.98 Å². The van der Waals surface area contributed by atoms with E-state index in [1.54, 1.807) is 0 Å². The van der Waals surface area contributed by atoms with Crippen LogP contribution in [0.15, 0.2) is 0 Å². The number of hydrogen-bond acceptors (Lipinski definition) is 2. The summed E-state index contributed by atoms with van der Waals surface area (Å²) in [6, 6.07) is 0. The number of carbonyl (C=O) groups excluding carboxylic acids is 1. The van der Waals surface area contributed by atoms with E-state index in [0.29, 0.717) is 18.0 Å². The second kappa shape index (κ2) is 4.35. The van der Waals surface area contributed by atoms with Crippen molar-refractivity contribution in [1.29, 1.82) is 0 Å². The molecule has 1 aromatic rings. The number of ketones is 1. The minimum Gasteiger partial charge on any atom is -0.331 e. The number of alkyl halides is 1. The summed E-state index contributed by atoms with van der Waals surface area (Å²) in [5.41, 5.74) is 1.76. The van der Waals surface area contributed by atoms with Crippen LogP contribution in [0.4, 0.5) is 0 Å². The zero-order valence-electron chi connectivity index (χ0n) is 8.92. The van der Waals surface area contributed by atoms with Crippen LogP contribution in [0.3, 0.4) is 0 Å². The Kier molecular flexibility index (Phi) is 3.10. The lowest BCUT2D eigenvalue weighted by Crippen LogP contribution is -2.05. The molecular weight excluding hydrogens is 212 g/mol. The minimum atomic E-state index is 0.182. The van der Waals surface area contributed by atoms with Crippen molar-refractivity contribution >= 4 is 17.4 Å². The third-order valence-corrected chi connectivity index (χ3v) is 3.16. The van der Waals surface area contributed by atoms with Crippen LogP contribution in [-0.2, 0) is 18.8 Å². The zero-order valence-corrected chi connectivity index (χ0v) is 9.68. The van der Waals surface area contributed by atoms with Crippen LogP contribution in [-0.4, -0.2) is 15.3 Å². The molecule has 3 nitrogen and oxygen atoms in total. The van der Waals surface area contributed by atoms with Gasteiger partial charge in [-0.05, 0) is 26.2 Å². The second-order valence-electron chi connectivity index (χ2n) is 3.83. The molecule has 1 aliphatic rings. The third-order valence-electron chi connectivity index (χ3n) is 2.92. The SMILES string of the molecule is CCn1c(CCl)nc2c1CCCCC2=O. The molecule has 0 bridgehead atoms. The zero-order chi connectivity index (χ0) is 10.8. The molecule has 0 amide bonds. The highest BCUT2D eigenvalue weighted by Gasteiger charge is 2.22. The molecule has 0 aliphatic heterocycles. The Labute approximate surface area is 94.4 Å². The van der Waals surface area contributed by atoms with Gasteiger partial charge in [0.1, 0.15) is 11.5 Å². The van der Waals surface area contributed by atoms with Crippen LogP contribution in [0.25, 0.3) is 0 Å². The van der Waals surface area contributed by atoms with Crippen LogP contribution >= 0.6 is 11.6 Å². The molecule has 0 fully saturated rings. The lowest BCUT2D eigenvalue weighted by molar-refractivity contribution is 0.0977. The fraction of sp³-hybridized carbons (Fsp3) is 0.636. The van der Waals surface area contributed by atoms with Gasteiger partial charge < -0.3 is 4.57 Å². The average molecular weight is 227 g/mol. The molecule has 0 spiro atoms. The number of rotatable bonds is 2. The lowest BCUT2D eigenvalue weighted by Gasteiger charge is -2.06. The molecule has 15 heavy (non-hydrogen) atoms. The van der Waals surface area contributed by atoms with Gasteiger partial charge in [-0.2, -0.15) is 0 Å². The summed E-state index contributed by atoms with van der Waals surface area (Å²) in [5.74, 6) is 1.40. The monoisotopic (exact) mass is 226 g/mol. The van der Waals surface area contributed by atoms with Crippen molar-refractivity contribution < 1.29 is 4.79 Å². The smallest absolute Gasteiger partial charge is 0.183 e. The number of carbonyl (C=O) groups is 1. The fourth-order valence-corrected chi connectivity index (χ4v) is 2.39. The van der Waals surface area contributed by atoms with Gasteiger partial charge in [0, 0.05) is 18.7 Å². The van der Waals surface area contributed by atoms with Crippen molar-refractivity contribution in [2.24, 2.45) is 0 Å². The first-order chi connectivity index (χ1) is 7.27. The van der Waals surface area contributed by atoms with Crippen molar-refractivity contribution in [3.63, 3.8) is 0 Å². The molecule has 1 aromatic heterocycles. The Balaban J connectivity index is 2.51. The van der Waals surface area contributed by atoms with E-state index in [1.807, 2.05) is 0 Å². The highest BCUT2D eigenvalue weighted by molar-refractivity contribution is 6.16. The number of hydrogen-bond donors (Lipinski definition) is 0. The number of halogens is 1. The fourth-order valence-electron chi connectivity index (χ4n) is 2.19. The number of aromatic nitrogens is 2. The first-order valence-electron chi connectivity index (χ1n) is 5.45. The van der Waals surface area contributed by atoms with E-state index < -0.39 is 0 Å². The molecule has 1 heterocycles. The quantitative estimate of drug-likeness (QED) is 0.574. The normalized spacial score (nSPS) is 16.3. The number of imidazole rings is 1. The number of nitrogens with zero attached hydrogens (tertiary/aromatic N) is 2. The molecule has 0 saturated heterocycles. The molecule has 0 unspecified atom stereocenters. The summed E-state index contributed by atoms with van der Waals surface area (Å²) in [6.07, 6.45) is 3.65. The molecular formula is C11H15ClN2O. The van der Waals surface area contributed by atoms with Crippen LogP contribution in [0, 0.1) is 0 Å². The first kappa shape index (κ1) is 10.7. The summed E-state index contributed by atoms with van der Waals surface area (Å²) >= 11 is 5.82. The van der Waals surface area contributed by atoms with E-state index >= 15 is 0 Å². The number of fused-ring (bicyclic) bond motifs is 1. The van der Waals surface area contributed by atoms with Crippen molar-refractivity contribution in [1.82, 2.24) is 9.55 Å². The van der Waals surface area contributed by atoms with Gasteiger partial charge >= 0.3 is 0 Å². The third kappa shape index (κ3) is 1.81. The first-order valence-corrected chi connectivity index (χ1v) is 5.98. The molecule has 0 N–H and O–H groups in total. The standard InChI is InChI=1S/C11H15ClN2O/c1-2-14-8-5-3-4-6-9(15)11(8)13-10(14)7-12/h2-7H2,1H3. The van der Waals surface area contributed by atoms with Crippen LogP contribution < -0.4 is 0 Å². The predicted molar refractivity (Wildman–Crippen MR) is 59.3 cm³/mol. The van der Waals surface area contributed by atoms with E-state index in [-0.39, 0.29) is 5.78 Å². The summed E-state index contributed by atoms with van der Waals surface area (Å²) in [4.78, 5) is 16.1. The Morgan fingerprint density at radius 2 is 2.13 bits per heavy atom. The van der Waals surface area contributed by atoms with E-state index in [4.69, 9.17) is 11.6 Å². The second-order valence-corrected chi connectivity index (χ2v) is 4.10. The minimum absolute atomic E-state index is 0.182. The molecule has 0 aromatic carbocycles. The maximum atomic E-state index is 11.8. The predicted octanol–water partition coefficient (Wildman–Crippen LogP) is 2.55. The van der Waals surface area contributed by atoms with Crippen molar-refractivity contribution in [3.05, 3.63) is 17.2 Å². The van der Waals surface area contributed by atoms with Crippen molar-refractivity contribution in [3.8, 4) is 0 Å². The van der Waals surface area contributed by atoms with Crippen molar-refractivity contribution in [2.75, 3.05) is 0 Å². The van der Waals surface area contributed by atoms with Gasteiger partial charge in [-0.3, -0.25) is 4.79 Å². The van der Waals surface area contributed by atoms with Crippen LogP contribution in [0.5, 0.6) is 0 Å². The summed E-state index contributed by atoms with van der Waals surface area (Å²) in [5, 5.41) is 0. The maximum absolute atomic E-state index is 11.8. The molecule has 0 radical (unpaired) electrons. The summed E-state index contributed by atoms with van der Waals surface area (Å²) in [7, 11) is 0. The van der Waals surface area contributed by atoms with Crippen molar-refractivity contribution in [2.45, 2.75) is 45.0 Å². The molecule has 0 saturated carbocycles. The average Bonchev–Trinajstić information content (AvgIpc) is 2.52. The summed E-state index contributed by atoms with van der Waals surface area (Å²) < 4.78 is 2.09. The Hall–Kier alpha value is -0.830. The Morgan fingerprint density at radius 1 is 1.40 bits per heavy atom. The van der Waals surface area contributed by atoms with E-state index in [9.17, 15) is 4.79 Å². The molecule has 4 heteroatoms. The number of Topliss-reactive ketones (excluding diaryl/α,β-unsaturated/α-hetero) is 1. The van der Waals surface area contributed by atoms with Crippen LogP contribution in [0.1, 0.15) is 48.2 Å². The van der Waals surface area contributed by atoms with Gasteiger partial charge in [0.05, 0.1) is 5.88 Å². The highest BCUT2D eigenvalue weighted by atomic mass is 35.5. The molecule has 0 atom stereocenters. The molecule has 1 aliphatic carbocycles. The topological polar surface area (TPSA) is 34.9 Å². The van der Waals surface area contributed by atoms with Gasteiger partial charge in [0.15, 0.2) is 5.78 Å². The van der Waals surface area contributed by atoms with E-state index in [2.05, 4.69) is 16.5 Å². The largest absolute Gasteiger partial charge is 0.331 e. The Bertz CT molecular complexity index is 384. The summed E-state index contributed by atoms with van der Waals surface area (Å²) in [6.45, 7) is 2.91. The molecule has 82 valence electrons. The lowest BCUT2D eigenvalue weighted by atomic mass is 10.2. The molecule has 2 rings (SSSR count). The Morgan fingerprint density at radius 3 is 2.80 bits per heavy atom. The van der Waals surface area contributed by atoms with E-state index in [0.717, 1.165) is 37.3 Å².